The summed E-state index contributed by atoms with van der Waals surface area (Å²) in [6, 6.07) is -0.198. The van der Waals surface area contributed by atoms with Gasteiger partial charge in [-0.25, -0.2) is 9.78 Å². The number of hydrogen-bond acceptors (Lipinski definition) is 3. The van der Waals surface area contributed by atoms with Gasteiger partial charge in [0, 0.05) is 38.6 Å². The molecule has 7 heteroatoms. The van der Waals surface area contributed by atoms with Gasteiger partial charge in [0.15, 0.2) is 0 Å². The largest absolute Gasteiger partial charge is 0.481 e. The average Bonchev–Trinajstić information content (AvgIpc) is 2.92. The Balaban J connectivity index is 2.12. The first-order valence-corrected chi connectivity index (χ1v) is 6.83. The van der Waals surface area contributed by atoms with E-state index in [0.717, 1.165) is 19.4 Å². The summed E-state index contributed by atoms with van der Waals surface area (Å²) in [5.41, 5.74) is 0. The minimum absolute atomic E-state index is 0.0259. The van der Waals surface area contributed by atoms with Crippen LogP contribution in [0.2, 0.25) is 0 Å². The number of carboxylic acids is 1. The smallest absolute Gasteiger partial charge is 0.317 e. The maximum absolute atomic E-state index is 11.8. The minimum atomic E-state index is -0.892. The lowest BCUT2D eigenvalue weighted by Crippen LogP contribution is -2.41. The number of carbonyl (C=O) groups excluding carboxylic acids is 1. The first-order chi connectivity index (χ1) is 9.63. The molecule has 20 heavy (non-hydrogen) atoms. The monoisotopic (exact) mass is 282 g/mol. The van der Waals surface area contributed by atoms with Crippen molar-refractivity contribution in [1.29, 1.82) is 0 Å². The summed E-state index contributed by atoms with van der Waals surface area (Å²) in [5, 5.41) is 11.4. The van der Waals surface area contributed by atoms with Gasteiger partial charge < -0.3 is 19.9 Å². The molecule has 0 aromatic carbocycles. The van der Waals surface area contributed by atoms with E-state index in [2.05, 4.69) is 10.3 Å². The first kappa shape index (κ1) is 16.0. The zero-order chi connectivity index (χ0) is 14.8. The molecule has 2 N–H and O–H groups in total. The van der Waals surface area contributed by atoms with Gasteiger partial charge in [0.1, 0.15) is 0 Å². The number of unbranched alkanes of at least 4 members (excludes halogenated alkanes) is 1. The van der Waals surface area contributed by atoms with Crippen molar-refractivity contribution >= 4 is 12.0 Å². The summed E-state index contributed by atoms with van der Waals surface area (Å²) in [4.78, 5) is 27.7. The molecule has 7 nitrogen and oxygen atoms in total. The number of aromatic nitrogens is 2. The van der Waals surface area contributed by atoms with Gasteiger partial charge in [-0.1, -0.05) is 0 Å². The van der Waals surface area contributed by atoms with Crippen LogP contribution in [0.25, 0.3) is 0 Å². The summed E-state index contributed by atoms with van der Waals surface area (Å²) in [6.07, 6.45) is 7.22. The molecule has 0 saturated heterocycles. The number of aliphatic carboxylic acids is 1. The van der Waals surface area contributed by atoms with Gasteiger partial charge in [-0.05, 0) is 19.8 Å². The molecule has 0 fully saturated rings. The Bertz CT molecular complexity index is 406. The van der Waals surface area contributed by atoms with Crippen LogP contribution in [0.1, 0.15) is 26.2 Å². The van der Waals surface area contributed by atoms with Crippen LogP contribution in [0, 0.1) is 0 Å². The lowest BCUT2D eigenvalue weighted by Gasteiger charge is -2.20. The fourth-order valence-corrected chi connectivity index (χ4v) is 1.78. The number of hydrogen-bond donors (Lipinski definition) is 2. The Morgan fingerprint density at radius 1 is 1.40 bits per heavy atom. The molecule has 0 unspecified atom stereocenters. The number of nitrogens with one attached hydrogen (secondary N) is 1. The summed E-state index contributed by atoms with van der Waals surface area (Å²) in [7, 11) is 0. The predicted octanol–water partition coefficient (Wildman–Crippen LogP) is 1.17. The van der Waals surface area contributed by atoms with Gasteiger partial charge in [0.2, 0.25) is 0 Å². The Hall–Kier alpha value is -2.05. The second-order valence-corrected chi connectivity index (χ2v) is 4.46. The van der Waals surface area contributed by atoms with E-state index in [1.165, 1.54) is 4.90 Å². The van der Waals surface area contributed by atoms with Crippen molar-refractivity contribution in [3.8, 4) is 0 Å². The van der Waals surface area contributed by atoms with E-state index in [1.54, 1.807) is 12.5 Å². The molecule has 1 heterocycles. The number of nitrogens with zero attached hydrogens (tertiary/aromatic N) is 3. The number of imidazole rings is 1. The SMILES string of the molecule is CCN(CCC(=O)O)C(=O)NCCCCn1ccnc1. The fourth-order valence-electron chi connectivity index (χ4n) is 1.78. The third-order valence-corrected chi connectivity index (χ3v) is 2.94. The summed E-state index contributed by atoms with van der Waals surface area (Å²) in [5.74, 6) is -0.892. The molecule has 112 valence electrons. The maximum atomic E-state index is 11.8. The van der Waals surface area contributed by atoms with Crippen molar-refractivity contribution in [1.82, 2.24) is 19.8 Å². The Labute approximate surface area is 118 Å². The number of urea groups is 1. The lowest BCUT2D eigenvalue weighted by atomic mass is 10.3. The Morgan fingerprint density at radius 2 is 2.20 bits per heavy atom. The zero-order valence-corrected chi connectivity index (χ0v) is 11.8. The van der Waals surface area contributed by atoms with Crippen molar-refractivity contribution in [3.05, 3.63) is 18.7 Å². The third-order valence-electron chi connectivity index (χ3n) is 2.94. The molecule has 0 spiro atoms. The molecule has 0 bridgehead atoms. The number of amides is 2. The van der Waals surface area contributed by atoms with Gasteiger partial charge >= 0.3 is 12.0 Å². The number of carbonyl (C=O) groups is 2. The van der Waals surface area contributed by atoms with Gasteiger partial charge in [0.25, 0.3) is 0 Å². The highest BCUT2D eigenvalue weighted by Gasteiger charge is 2.11. The van der Waals surface area contributed by atoms with Crippen LogP contribution in [-0.2, 0) is 11.3 Å². The van der Waals surface area contributed by atoms with Crippen LogP contribution in [0.15, 0.2) is 18.7 Å². The second kappa shape index (κ2) is 8.95. The van der Waals surface area contributed by atoms with Crippen LogP contribution in [0.3, 0.4) is 0 Å². The van der Waals surface area contributed by atoms with E-state index >= 15 is 0 Å². The molecule has 0 radical (unpaired) electrons. The fraction of sp³-hybridized carbons (Fsp3) is 0.615. The summed E-state index contributed by atoms with van der Waals surface area (Å²) < 4.78 is 1.99. The second-order valence-electron chi connectivity index (χ2n) is 4.46. The Kier molecular flexibility index (Phi) is 7.16. The average molecular weight is 282 g/mol. The lowest BCUT2D eigenvalue weighted by molar-refractivity contribution is -0.137. The molecule has 1 rings (SSSR count). The molecule has 2 amide bonds. The van der Waals surface area contributed by atoms with Crippen molar-refractivity contribution in [2.24, 2.45) is 0 Å². The van der Waals surface area contributed by atoms with E-state index in [9.17, 15) is 9.59 Å². The van der Waals surface area contributed by atoms with Gasteiger partial charge in [-0.3, -0.25) is 4.79 Å². The van der Waals surface area contributed by atoms with E-state index in [1.807, 2.05) is 17.7 Å². The van der Waals surface area contributed by atoms with Crippen molar-refractivity contribution in [2.45, 2.75) is 32.7 Å². The molecule has 0 atom stereocenters. The van der Waals surface area contributed by atoms with E-state index in [4.69, 9.17) is 5.11 Å². The van der Waals surface area contributed by atoms with Gasteiger partial charge in [-0.15, -0.1) is 0 Å². The van der Waals surface area contributed by atoms with Crippen molar-refractivity contribution in [3.63, 3.8) is 0 Å². The van der Waals surface area contributed by atoms with Gasteiger partial charge in [0.05, 0.1) is 12.7 Å². The highest BCUT2D eigenvalue weighted by atomic mass is 16.4. The van der Waals surface area contributed by atoms with Crippen LogP contribution in [0.5, 0.6) is 0 Å². The normalized spacial score (nSPS) is 10.2. The molecular formula is C13H22N4O3. The number of rotatable bonds is 9. The first-order valence-electron chi connectivity index (χ1n) is 6.83. The molecule has 0 aliphatic heterocycles. The van der Waals surface area contributed by atoms with Crippen LogP contribution in [0.4, 0.5) is 4.79 Å². The molecular weight excluding hydrogens is 260 g/mol. The van der Waals surface area contributed by atoms with Crippen molar-refractivity contribution in [2.75, 3.05) is 19.6 Å². The Morgan fingerprint density at radius 3 is 2.80 bits per heavy atom. The zero-order valence-electron chi connectivity index (χ0n) is 11.8. The quantitative estimate of drug-likeness (QED) is 0.666. The van der Waals surface area contributed by atoms with E-state index < -0.39 is 5.97 Å². The molecule has 0 aliphatic rings. The topological polar surface area (TPSA) is 87.5 Å². The summed E-state index contributed by atoms with van der Waals surface area (Å²) in [6.45, 7) is 4.06. The predicted molar refractivity (Wildman–Crippen MR) is 74.4 cm³/mol. The van der Waals surface area contributed by atoms with Crippen LogP contribution in [-0.4, -0.2) is 51.2 Å². The van der Waals surface area contributed by atoms with Gasteiger partial charge in [-0.2, -0.15) is 0 Å². The molecule has 1 aromatic rings. The third kappa shape index (κ3) is 6.21. The maximum Gasteiger partial charge on any atom is 0.317 e. The standard InChI is InChI=1S/C13H22N4O3/c1-2-17(9-5-12(18)19)13(20)15-6-3-4-8-16-10-7-14-11-16/h7,10-11H,2-6,8-9H2,1H3,(H,15,20)(H,18,19). The highest BCUT2D eigenvalue weighted by molar-refractivity contribution is 5.75. The highest BCUT2D eigenvalue weighted by Crippen LogP contribution is 1.96. The number of aryl methyl sites for hydroxylation is 1. The van der Waals surface area contributed by atoms with E-state index in [0.29, 0.717) is 13.1 Å². The summed E-state index contributed by atoms with van der Waals surface area (Å²) >= 11 is 0. The minimum Gasteiger partial charge on any atom is -0.481 e. The van der Waals surface area contributed by atoms with E-state index in [-0.39, 0.29) is 19.0 Å². The van der Waals surface area contributed by atoms with Crippen LogP contribution < -0.4 is 5.32 Å². The molecule has 0 aliphatic carbocycles. The van der Waals surface area contributed by atoms with Crippen molar-refractivity contribution < 1.29 is 14.7 Å². The molecule has 0 saturated carbocycles. The molecule has 1 aromatic heterocycles. The number of carboxylic acid groups (broad SMARTS) is 1. The van der Waals surface area contributed by atoms with Crippen LogP contribution >= 0.6 is 0 Å².